The number of carbonyl (C=O) groups is 3. The highest BCUT2D eigenvalue weighted by atomic mass is 32.1. The Labute approximate surface area is 197 Å². The van der Waals surface area contributed by atoms with Crippen LogP contribution in [-0.4, -0.2) is 56.8 Å². The van der Waals surface area contributed by atoms with E-state index in [1.807, 2.05) is 25.1 Å². The van der Waals surface area contributed by atoms with E-state index in [9.17, 15) is 19.5 Å². The smallest absolute Gasteiger partial charge is 0.358 e. The first-order valence-corrected chi connectivity index (χ1v) is 10.8. The van der Waals surface area contributed by atoms with Gasteiger partial charge in [0, 0.05) is 30.2 Å². The zero-order chi connectivity index (χ0) is 24.6. The molecule has 0 aliphatic carbocycles. The van der Waals surface area contributed by atoms with Crippen LogP contribution in [0.25, 0.3) is 22.9 Å². The number of carbonyl (C=O) groups excluding carboxylic acids is 2. The monoisotopic (exact) mass is 480 g/mol. The lowest BCUT2D eigenvalue weighted by molar-refractivity contribution is 0.0691. The first-order valence-electron chi connectivity index (χ1n) is 10.0. The van der Waals surface area contributed by atoms with Gasteiger partial charge >= 0.3 is 5.97 Å². The third-order valence-electron chi connectivity index (χ3n) is 4.85. The minimum Gasteiger partial charge on any atom is -0.476 e. The number of carboxylic acid groups (broad SMARTS) is 1. The molecule has 3 heterocycles. The minimum absolute atomic E-state index is 0.0144. The summed E-state index contributed by atoms with van der Waals surface area (Å²) in [7, 11) is 3.71. The molecular formula is C22H20N6O5S. The summed E-state index contributed by atoms with van der Waals surface area (Å²) < 4.78 is 5.80. The fourth-order valence-electron chi connectivity index (χ4n) is 3.21. The number of ketones is 1. The number of hydrogen-bond donors (Lipinski definition) is 2. The molecule has 11 nitrogen and oxygen atoms in total. The van der Waals surface area contributed by atoms with Crippen LogP contribution < -0.4 is 10.6 Å². The van der Waals surface area contributed by atoms with Gasteiger partial charge in [0.2, 0.25) is 0 Å². The number of nitrogens with zero attached hydrogens (tertiary/aromatic N) is 5. The maximum Gasteiger partial charge on any atom is 0.358 e. The molecule has 4 rings (SSSR count). The number of benzene rings is 1. The fourth-order valence-corrected chi connectivity index (χ4v) is 4.09. The molecule has 0 spiro atoms. The van der Waals surface area contributed by atoms with Crippen molar-refractivity contribution in [3.05, 3.63) is 57.5 Å². The second kappa shape index (κ2) is 8.90. The summed E-state index contributed by atoms with van der Waals surface area (Å²) in [5.74, 6) is -2.42. The lowest BCUT2D eigenvalue weighted by atomic mass is 10.1. The van der Waals surface area contributed by atoms with Gasteiger partial charge in [0.15, 0.2) is 28.6 Å². The Hall–Kier alpha value is -4.32. The highest BCUT2D eigenvalue weighted by Gasteiger charge is 2.28. The molecule has 34 heavy (non-hydrogen) atoms. The molecule has 0 atom stereocenters. The number of rotatable bonds is 8. The maximum atomic E-state index is 12.0. The number of nitrogens with two attached hydrogens (primary N) is 1. The van der Waals surface area contributed by atoms with Gasteiger partial charge < -0.3 is 20.2 Å². The van der Waals surface area contributed by atoms with E-state index in [0.717, 1.165) is 10.6 Å². The summed E-state index contributed by atoms with van der Waals surface area (Å²) >= 11 is 1.28. The number of carboxylic acids is 1. The van der Waals surface area contributed by atoms with Crippen LogP contribution in [0, 0.1) is 0 Å². The number of hydrogen-bond acceptors (Lipinski definition) is 9. The molecule has 12 heteroatoms. The average molecular weight is 481 g/mol. The van der Waals surface area contributed by atoms with E-state index in [1.165, 1.54) is 23.1 Å². The zero-order valence-corrected chi connectivity index (χ0v) is 19.3. The standard InChI is InChI=1S/C22H20N6O5S/c1-11(29)15-8-7-14(34-15)10-28-25-16(20(23)30)17(26-28)21-24-18(22(31)32)19(33-21)12-5-4-6-13(9-12)27(2)3/h4-9H,10H2,1-3H3,(H2,23,30)(H,31,32). The Morgan fingerprint density at radius 2 is 1.91 bits per heavy atom. The van der Waals surface area contributed by atoms with Gasteiger partial charge in [-0.2, -0.15) is 9.78 Å². The van der Waals surface area contributed by atoms with E-state index < -0.39 is 11.9 Å². The third-order valence-corrected chi connectivity index (χ3v) is 6.02. The van der Waals surface area contributed by atoms with Gasteiger partial charge in [-0.1, -0.05) is 12.1 Å². The van der Waals surface area contributed by atoms with Crippen LogP contribution in [0.4, 0.5) is 5.69 Å². The molecule has 3 N–H and O–H groups in total. The second-order valence-electron chi connectivity index (χ2n) is 7.56. The first kappa shape index (κ1) is 22.9. The van der Waals surface area contributed by atoms with Crippen molar-refractivity contribution in [1.82, 2.24) is 20.0 Å². The Morgan fingerprint density at radius 3 is 2.53 bits per heavy atom. The van der Waals surface area contributed by atoms with Crippen LogP contribution in [0.5, 0.6) is 0 Å². The van der Waals surface area contributed by atoms with Crippen molar-refractivity contribution in [2.75, 3.05) is 19.0 Å². The number of anilines is 1. The van der Waals surface area contributed by atoms with Crippen molar-refractivity contribution in [2.24, 2.45) is 5.73 Å². The van der Waals surface area contributed by atoms with E-state index in [4.69, 9.17) is 10.2 Å². The van der Waals surface area contributed by atoms with Gasteiger partial charge in [0.25, 0.3) is 11.8 Å². The Balaban J connectivity index is 1.77. The molecule has 0 bridgehead atoms. The Bertz CT molecular complexity index is 1420. The molecule has 1 amide bonds. The first-order chi connectivity index (χ1) is 16.1. The van der Waals surface area contributed by atoms with Crippen molar-refractivity contribution < 1.29 is 23.9 Å². The predicted molar refractivity (Wildman–Crippen MR) is 124 cm³/mol. The normalized spacial score (nSPS) is 10.9. The van der Waals surface area contributed by atoms with Crippen LogP contribution in [0.2, 0.25) is 0 Å². The SMILES string of the molecule is CC(=O)c1ccc(Cn2nc(C(N)=O)c(-c3nc(C(=O)O)c(-c4cccc(N(C)C)c4)o3)n2)s1. The Kier molecular flexibility index (Phi) is 5.99. The zero-order valence-electron chi connectivity index (χ0n) is 18.5. The van der Waals surface area contributed by atoms with Crippen LogP contribution in [-0.2, 0) is 6.54 Å². The van der Waals surface area contributed by atoms with Gasteiger partial charge in [-0.15, -0.1) is 21.5 Å². The average Bonchev–Trinajstić information content (AvgIpc) is 3.52. The highest BCUT2D eigenvalue weighted by Crippen LogP contribution is 2.32. The van der Waals surface area contributed by atoms with E-state index in [0.29, 0.717) is 10.4 Å². The van der Waals surface area contributed by atoms with Crippen LogP contribution in [0.15, 0.2) is 40.8 Å². The molecular weight excluding hydrogens is 460 g/mol. The molecule has 4 aromatic rings. The van der Waals surface area contributed by atoms with Gasteiger partial charge in [-0.25, -0.2) is 4.79 Å². The van der Waals surface area contributed by atoms with Crippen LogP contribution in [0.1, 0.15) is 42.4 Å². The molecule has 0 saturated carbocycles. The quantitative estimate of drug-likeness (QED) is 0.362. The summed E-state index contributed by atoms with van der Waals surface area (Å²) in [6.45, 7) is 1.64. The summed E-state index contributed by atoms with van der Waals surface area (Å²) in [4.78, 5) is 44.0. The number of Topliss-reactive ketones (excluding diaryl/α,β-unsaturated/α-hetero) is 1. The molecule has 1 aromatic carbocycles. The molecule has 0 fully saturated rings. The van der Waals surface area contributed by atoms with Gasteiger partial charge in [-0.05, 0) is 31.2 Å². The van der Waals surface area contributed by atoms with Crippen LogP contribution >= 0.6 is 11.3 Å². The second-order valence-corrected chi connectivity index (χ2v) is 8.73. The third kappa shape index (κ3) is 4.43. The minimum atomic E-state index is -1.30. The molecule has 0 unspecified atom stereocenters. The topological polar surface area (TPSA) is 157 Å². The lowest BCUT2D eigenvalue weighted by Crippen LogP contribution is -2.13. The van der Waals surface area contributed by atoms with E-state index in [2.05, 4.69) is 15.2 Å². The molecule has 0 saturated heterocycles. The number of thiophene rings is 1. The van der Waals surface area contributed by atoms with Crippen molar-refractivity contribution in [3.8, 4) is 22.9 Å². The van der Waals surface area contributed by atoms with Gasteiger partial charge in [0.05, 0.1) is 11.4 Å². The van der Waals surface area contributed by atoms with Crippen molar-refractivity contribution in [2.45, 2.75) is 13.5 Å². The predicted octanol–water partition coefficient (Wildman–Crippen LogP) is 2.78. The van der Waals surface area contributed by atoms with Gasteiger partial charge in [0.1, 0.15) is 0 Å². The summed E-state index contributed by atoms with van der Waals surface area (Å²) in [5.41, 5.74) is 6.18. The van der Waals surface area contributed by atoms with Gasteiger partial charge in [-0.3, -0.25) is 9.59 Å². The fraction of sp³-hybridized carbons (Fsp3) is 0.182. The van der Waals surface area contributed by atoms with Crippen LogP contribution in [0.3, 0.4) is 0 Å². The summed E-state index contributed by atoms with van der Waals surface area (Å²) in [6.07, 6.45) is 0. The van der Waals surface area contributed by atoms with Crippen molar-refractivity contribution in [3.63, 3.8) is 0 Å². The molecule has 0 radical (unpaired) electrons. The van der Waals surface area contributed by atoms with Crippen molar-refractivity contribution >= 4 is 34.7 Å². The van der Waals surface area contributed by atoms with Crippen molar-refractivity contribution in [1.29, 1.82) is 0 Å². The lowest BCUT2D eigenvalue weighted by Gasteiger charge is -2.12. The number of aromatic nitrogens is 4. The summed E-state index contributed by atoms with van der Waals surface area (Å²) in [5, 5.41) is 18.1. The molecule has 0 aliphatic heterocycles. The highest BCUT2D eigenvalue weighted by molar-refractivity contribution is 7.14. The van der Waals surface area contributed by atoms with E-state index >= 15 is 0 Å². The largest absolute Gasteiger partial charge is 0.476 e. The number of amides is 1. The molecule has 3 aromatic heterocycles. The summed E-state index contributed by atoms with van der Waals surface area (Å²) in [6, 6.07) is 10.5. The molecule has 0 aliphatic rings. The Morgan fingerprint density at radius 1 is 1.15 bits per heavy atom. The van der Waals surface area contributed by atoms with E-state index in [1.54, 1.807) is 30.3 Å². The van der Waals surface area contributed by atoms with E-state index in [-0.39, 0.29) is 41.1 Å². The number of primary amides is 1. The maximum absolute atomic E-state index is 12.0. The number of aromatic carboxylic acids is 1. The number of oxazole rings is 1. The molecule has 174 valence electrons.